The van der Waals surface area contributed by atoms with Crippen LogP contribution in [0.5, 0.6) is 0 Å². The summed E-state index contributed by atoms with van der Waals surface area (Å²) in [6.45, 7) is 5.80. The number of sulfone groups is 1. The first-order valence-corrected chi connectivity index (χ1v) is 8.63. The lowest BCUT2D eigenvalue weighted by Crippen LogP contribution is -2.47. The Morgan fingerprint density at radius 3 is 2.40 bits per heavy atom. The summed E-state index contributed by atoms with van der Waals surface area (Å²) in [6, 6.07) is 7.22. The Labute approximate surface area is 120 Å². The maximum Gasteiger partial charge on any atom is 0.180 e. The molecular formula is C14H22N2O3S. The van der Waals surface area contributed by atoms with Crippen molar-refractivity contribution in [2.45, 2.75) is 11.8 Å². The zero-order valence-electron chi connectivity index (χ0n) is 11.8. The van der Waals surface area contributed by atoms with E-state index >= 15 is 0 Å². The third-order valence-electron chi connectivity index (χ3n) is 3.71. The maximum atomic E-state index is 12.2. The van der Waals surface area contributed by atoms with Crippen LogP contribution in [0, 0.1) is 0 Å². The molecule has 0 radical (unpaired) electrons. The molecule has 6 heteroatoms. The van der Waals surface area contributed by atoms with Crippen molar-refractivity contribution < 1.29 is 13.5 Å². The number of aliphatic hydroxyl groups is 1. The van der Waals surface area contributed by atoms with E-state index in [0.29, 0.717) is 11.4 Å². The van der Waals surface area contributed by atoms with Crippen LogP contribution < -0.4 is 4.90 Å². The first kappa shape index (κ1) is 15.3. The van der Waals surface area contributed by atoms with Crippen molar-refractivity contribution in [1.82, 2.24) is 4.90 Å². The minimum atomic E-state index is -3.20. The van der Waals surface area contributed by atoms with Crippen molar-refractivity contribution in [2.75, 3.05) is 50.0 Å². The second-order valence-corrected chi connectivity index (χ2v) is 7.17. The lowest BCUT2D eigenvalue weighted by Gasteiger charge is -2.36. The summed E-state index contributed by atoms with van der Waals surface area (Å²) >= 11 is 0. The molecule has 1 aromatic carbocycles. The number of β-amino-alcohol motifs (C(OH)–C–C–N with tert-alkyl or cyclic N) is 1. The van der Waals surface area contributed by atoms with Crippen LogP contribution in [0.3, 0.4) is 0 Å². The highest BCUT2D eigenvalue weighted by molar-refractivity contribution is 7.91. The van der Waals surface area contributed by atoms with Gasteiger partial charge >= 0.3 is 0 Å². The predicted octanol–water partition coefficient (Wildman–Crippen LogP) is 0.594. The molecule has 20 heavy (non-hydrogen) atoms. The highest BCUT2D eigenvalue weighted by Crippen LogP contribution is 2.26. The third kappa shape index (κ3) is 3.31. The van der Waals surface area contributed by atoms with Crippen LogP contribution in [0.2, 0.25) is 0 Å². The summed E-state index contributed by atoms with van der Waals surface area (Å²) in [5, 5.41) is 8.95. The molecule has 0 aliphatic carbocycles. The predicted molar refractivity (Wildman–Crippen MR) is 79.9 cm³/mol. The quantitative estimate of drug-likeness (QED) is 0.862. The van der Waals surface area contributed by atoms with E-state index in [1.807, 2.05) is 12.1 Å². The Hall–Kier alpha value is -1.11. The van der Waals surface area contributed by atoms with Gasteiger partial charge in [0.2, 0.25) is 0 Å². The molecule has 1 N–H and O–H groups in total. The summed E-state index contributed by atoms with van der Waals surface area (Å²) in [5.74, 6) is 0.120. The molecule has 0 aromatic heterocycles. The Morgan fingerprint density at radius 1 is 1.15 bits per heavy atom. The lowest BCUT2D eigenvalue weighted by atomic mass is 10.2. The molecule has 2 rings (SSSR count). The fourth-order valence-electron chi connectivity index (χ4n) is 2.49. The van der Waals surface area contributed by atoms with Crippen LogP contribution in [0.25, 0.3) is 0 Å². The molecule has 112 valence electrons. The van der Waals surface area contributed by atoms with Gasteiger partial charge in [0.15, 0.2) is 9.84 Å². The summed E-state index contributed by atoms with van der Waals surface area (Å²) in [5.41, 5.74) is 0.804. The van der Waals surface area contributed by atoms with Gasteiger partial charge in [0, 0.05) is 32.7 Å². The molecule has 5 nitrogen and oxygen atoms in total. The molecule has 1 aliphatic heterocycles. The van der Waals surface area contributed by atoms with Gasteiger partial charge in [-0.15, -0.1) is 0 Å². The molecule has 1 aromatic rings. The normalized spacial score (nSPS) is 17.4. The number of benzene rings is 1. The number of hydrogen-bond donors (Lipinski definition) is 1. The van der Waals surface area contributed by atoms with E-state index in [-0.39, 0.29) is 12.4 Å². The summed E-state index contributed by atoms with van der Waals surface area (Å²) in [4.78, 5) is 4.74. The molecule has 0 spiro atoms. The third-order valence-corrected chi connectivity index (χ3v) is 5.48. The number of rotatable bonds is 5. The number of nitrogens with zero attached hydrogens (tertiary/aromatic N) is 2. The van der Waals surface area contributed by atoms with Gasteiger partial charge < -0.3 is 10.0 Å². The number of aliphatic hydroxyl groups excluding tert-OH is 1. The minimum absolute atomic E-state index is 0.120. The van der Waals surface area contributed by atoms with Gasteiger partial charge in [-0.1, -0.05) is 19.1 Å². The molecule has 1 fully saturated rings. The summed E-state index contributed by atoms with van der Waals surface area (Å²) < 4.78 is 24.3. The SMILES string of the molecule is CCS(=O)(=O)c1ccccc1N1CCN(CCO)CC1. The minimum Gasteiger partial charge on any atom is -0.395 e. The monoisotopic (exact) mass is 298 g/mol. The first-order chi connectivity index (χ1) is 9.58. The van der Waals surface area contributed by atoms with E-state index in [1.54, 1.807) is 19.1 Å². The molecule has 0 unspecified atom stereocenters. The second-order valence-electron chi connectivity index (χ2n) is 4.92. The molecule has 0 atom stereocenters. The number of hydrogen-bond acceptors (Lipinski definition) is 5. The number of anilines is 1. The molecule has 1 heterocycles. The van der Waals surface area contributed by atoms with Gasteiger partial charge in [0.05, 0.1) is 22.9 Å². The van der Waals surface area contributed by atoms with E-state index in [4.69, 9.17) is 5.11 Å². The largest absolute Gasteiger partial charge is 0.395 e. The Morgan fingerprint density at radius 2 is 1.80 bits per heavy atom. The van der Waals surface area contributed by atoms with Crippen LogP contribution in [0.15, 0.2) is 29.2 Å². The molecule has 0 amide bonds. The first-order valence-electron chi connectivity index (χ1n) is 6.98. The zero-order valence-corrected chi connectivity index (χ0v) is 12.6. The fourth-order valence-corrected chi connectivity index (χ4v) is 3.60. The molecule has 1 saturated heterocycles. The highest BCUT2D eigenvalue weighted by atomic mass is 32.2. The van der Waals surface area contributed by atoms with Crippen LogP contribution >= 0.6 is 0 Å². The Balaban J connectivity index is 2.19. The second kappa shape index (κ2) is 6.56. The Kier molecular flexibility index (Phi) is 5.01. The van der Waals surface area contributed by atoms with Crippen LogP contribution in [0.4, 0.5) is 5.69 Å². The average molecular weight is 298 g/mol. The van der Waals surface area contributed by atoms with Crippen LogP contribution in [-0.2, 0) is 9.84 Å². The standard InChI is InChI=1S/C14H22N2O3S/c1-2-20(18,19)14-6-4-3-5-13(14)16-9-7-15(8-10-16)11-12-17/h3-6,17H,2,7-12H2,1H3. The van der Waals surface area contributed by atoms with Gasteiger partial charge in [-0.05, 0) is 12.1 Å². The Bertz CT molecular complexity index is 537. The van der Waals surface area contributed by atoms with Gasteiger partial charge in [0.1, 0.15) is 0 Å². The zero-order chi connectivity index (χ0) is 14.6. The fraction of sp³-hybridized carbons (Fsp3) is 0.571. The van der Waals surface area contributed by atoms with E-state index in [9.17, 15) is 8.42 Å². The van der Waals surface area contributed by atoms with Crippen molar-refractivity contribution in [3.63, 3.8) is 0 Å². The van der Waals surface area contributed by atoms with Crippen molar-refractivity contribution in [3.8, 4) is 0 Å². The van der Waals surface area contributed by atoms with Crippen molar-refractivity contribution >= 4 is 15.5 Å². The molecular weight excluding hydrogens is 276 g/mol. The smallest absolute Gasteiger partial charge is 0.180 e. The van der Waals surface area contributed by atoms with Gasteiger partial charge in [-0.25, -0.2) is 8.42 Å². The summed E-state index contributed by atoms with van der Waals surface area (Å²) in [6.07, 6.45) is 0. The lowest BCUT2D eigenvalue weighted by molar-refractivity contribution is 0.188. The van der Waals surface area contributed by atoms with E-state index in [1.165, 1.54) is 0 Å². The van der Waals surface area contributed by atoms with Crippen LogP contribution in [-0.4, -0.2) is 63.5 Å². The van der Waals surface area contributed by atoms with E-state index < -0.39 is 9.84 Å². The van der Waals surface area contributed by atoms with Gasteiger partial charge in [0.25, 0.3) is 0 Å². The van der Waals surface area contributed by atoms with E-state index in [0.717, 1.165) is 31.9 Å². The van der Waals surface area contributed by atoms with Crippen molar-refractivity contribution in [3.05, 3.63) is 24.3 Å². The number of para-hydroxylation sites is 1. The van der Waals surface area contributed by atoms with E-state index in [2.05, 4.69) is 9.80 Å². The topological polar surface area (TPSA) is 60.9 Å². The molecule has 0 bridgehead atoms. The maximum absolute atomic E-state index is 12.2. The van der Waals surface area contributed by atoms with Crippen molar-refractivity contribution in [1.29, 1.82) is 0 Å². The van der Waals surface area contributed by atoms with Crippen molar-refractivity contribution in [2.24, 2.45) is 0 Å². The molecule has 0 saturated carbocycles. The highest BCUT2D eigenvalue weighted by Gasteiger charge is 2.23. The van der Waals surface area contributed by atoms with Crippen LogP contribution in [0.1, 0.15) is 6.92 Å². The van der Waals surface area contributed by atoms with Gasteiger partial charge in [-0.3, -0.25) is 4.90 Å². The average Bonchev–Trinajstić information content (AvgIpc) is 2.48. The number of piperazine rings is 1. The summed E-state index contributed by atoms with van der Waals surface area (Å²) in [7, 11) is -3.20. The van der Waals surface area contributed by atoms with Gasteiger partial charge in [-0.2, -0.15) is 0 Å². The molecule has 1 aliphatic rings.